The van der Waals surface area contributed by atoms with Crippen LogP contribution in [0.15, 0.2) is 0 Å². The molecule has 0 bridgehead atoms. The normalized spacial score (nSPS) is 39.2. The Morgan fingerprint density at radius 3 is 2.82 bits per heavy atom. The molecular formula is C14H28N2S. The lowest BCUT2D eigenvalue weighted by molar-refractivity contribution is 0.107. The summed E-state index contributed by atoms with van der Waals surface area (Å²) in [7, 11) is 0. The molecule has 0 aliphatic carbocycles. The molecule has 2 aliphatic heterocycles. The van der Waals surface area contributed by atoms with Crippen LogP contribution in [0.4, 0.5) is 0 Å². The highest BCUT2D eigenvalue weighted by Gasteiger charge is 2.35. The maximum absolute atomic E-state index is 3.74. The summed E-state index contributed by atoms with van der Waals surface area (Å²) >= 11 is 2.13. The first-order valence-corrected chi connectivity index (χ1v) is 8.14. The van der Waals surface area contributed by atoms with E-state index in [4.69, 9.17) is 0 Å². The molecule has 3 unspecified atom stereocenters. The second kappa shape index (κ2) is 5.50. The second-order valence-electron chi connectivity index (χ2n) is 6.41. The highest BCUT2D eigenvalue weighted by atomic mass is 32.2. The SMILES string of the molecule is CC1SCCN(CC2NCCCC2(C)C)C1C. The zero-order valence-corrected chi connectivity index (χ0v) is 12.6. The summed E-state index contributed by atoms with van der Waals surface area (Å²) < 4.78 is 0. The molecule has 17 heavy (non-hydrogen) atoms. The summed E-state index contributed by atoms with van der Waals surface area (Å²) in [5.41, 5.74) is 0.464. The van der Waals surface area contributed by atoms with Crippen LogP contribution in [0.25, 0.3) is 0 Å². The maximum atomic E-state index is 3.74. The number of rotatable bonds is 2. The highest BCUT2D eigenvalue weighted by Crippen LogP contribution is 2.32. The van der Waals surface area contributed by atoms with Gasteiger partial charge in [-0.05, 0) is 31.7 Å². The molecule has 2 saturated heterocycles. The molecule has 0 aromatic rings. The van der Waals surface area contributed by atoms with Gasteiger partial charge in [0.25, 0.3) is 0 Å². The smallest absolute Gasteiger partial charge is 0.0246 e. The molecule has 3 heteroatoms. The first-order valence-electron chi connectivity index (χ1n) is 7.10. The van der Waals surface area contributed by atoms with E-state index in [2.05, 4.69) is 49.7 Å². The summed E-state index contributed by atoms with van der Waals surface area (Å²) in [5.74, 6) is 1.30. The molecule has 0 saturated carbocycles. The number of piperidine rings is 1. The maximum Gasteiger partial charge on any atom is 0.0246 e. The molecule has 3 atom stereocenters. The van der Waals surface area contributed by atoms with Gasteiger partial charge in [-0.2, -0.15) is 11.8 Å². The number of thioether (sulfide) groups is 1. The van der Waals surface area contributed by atoms with Gasteiger partial charge in [0.15, 0.2) is 0 Å². The van der Waals surface area contributed by atoms with Gasteiger partial charge in [-0.15, -0.1) is 0 Å². The number of hydrogen-bond acceptors (Lipinski definition) is 3. The van der Waals surface area contributed by atoms with E-state index in [9.17, 15) is 0 Å². The molecular weight excluding hydrogens is 228 g/mol. The lowest BCUT2D eigenvalue weighted by atomic mass is 9.77. The molecule has 2 fully saturated rings. The third-order valence-corrected chi connectivity index (χ3v) is 6.10. The summed E-state index contributed by atoms with van der Waals surface area (Å²) in [6.07, 6.45) is 2.71. The average molecular weight is 256 g/mol. The zero-order valence-electron chi connectivity index (χ0n) is 11.8. The van der Waals surface area contributed by atoms with Gasteiger partial charge in [-0.3, -0.25) is 4.90 Å². The Bertz CT molecular complexity index is 255. The van der Waals surface area contributed by atoms with Crippen LogP contribution in [0.3, 0.4) is 0 Å². The van der Waals surface area contributed by atoms with Gasteiger partial charge in [-0.1, -0.05) is 20.8 Å². The van der Waals surface area contributed by atoms with Crippen LogP contribution in [0.2, 0.25) is 0 Å². The Labute approximate surface area is 111 Å². The van der Waals surface area contributed by atoms with Gasteiger partial charge in [0, 0.05) is 36.2 Å². The van der Waals surface area contributed by atoms with Gasteiger partial charge in [0.05, 0.1) is 0 Å². The largest absolute Gasteiger partial charge is 0.312 e. The molecule has 2 nitrogen and oxygen atoms in total. The van der Waals surface area contributed by atoms with Crippen LogP contribution in [-0.4, -0.2) is 47.6 Å². The van der Waals surface area contributed by atoms with Crippen LogP contribution >= 0.6 is 11.8 Å². The highest BCUT2D eigenvalue weighted by molar-refractivity contribution is 8.00. The Morgan fingerprint density at radius 1 is 1.35 bits per heavy atom. The van der Waals surface area contributed by atoms with Crippen molar-refractivity contribution in [2.75, 3.05) is 25.4 Å². The van der Waals surface area contributed by atoms with E-state index < -0.39 is 0 Å². The lowest BCUT2D eigenvalue weighted by Crippen LogP contribution is -2.56. The van der Waals surface area contributed by atoms with E-state index in [0.29, 0.717) is 11.5 Å². The molecule has 0 aromatic carbocycles. The lowest BCUT2D eigenvalue weighted by Gasteiger charge is -2.45. The van der Waals surface area contributed by atoms with Crippen LogP contribution < -0.4 is 5.32 Å². The summed E-state index contributed by atoms with van der Waals surface area (Å²) in [6, 6.07) is 1.40. The Balaban J connectivity index is 1.95. The predicted octanol–water partition coefficient (Wildman–Crippen LogP) is 2.59. The van der Waals surface area contributed by atoms with E-state index in [-0.39, 0.29) is 0 Å². The fourth-order valence-corrected chi connectivity index (χ4v) is 4.23. The molecule has 100 valence electrons. The zero-order chi connectivity index (χ0) is 12.5. The molecule has 0 amide bonds. The van der Waals surface area contributed by atoms with Gasteiger partial charge in [-0.25, -0.2) is 0 Å². The quantitative estimate of drug-likeness (QED) is 0.817. The van der Waals surface area contributed by atoms with Gasteiger partial charge in [0.1, 0.15) is 0 Å². The molecule has 0 radical (unpaired) electrons. The summed E-state index contributed by atoms with van der Waals surface area (Å²) in [4.78, 5) is 2.70. The van der Waals surface area contributed by atoms with Crippen molar-refractivity contribution < 1.29 is 0 Å². The summed E-state index contributed by atoms with van der Waals surface area (Å²) in [6.45, 7) is 13.3. The predicted molar refractivity (Wildman–Crippen MR) is 77.8 cm³/mol. The van der Waals surface area contributed by atoms with Gasteiger partial charge in [0.2, 0.25) is 0 Å². The van der Waals surface area contributed by atoms with E-state index >= 15 is 0 Å². The minimum Gasteiger partial charge on any atom is -0.312 e. The molecule has 2 aliphatic rings. The van der Waals surface area contributed by atoms with Crippen molar-refractivity contribution in [3.05, 3.63) is 0 Å². The molecule has 0 spiro atoms. The van der Waals surface area contributed by atoms with Crippen molar-refractivity contribution in [1.29, 1.82) is 0 Å². The van der Waals surface area contributed by atoms with Crippen molar-refractivity contribution in [3.63, 3.8) is 0 Å². The third-order valence-electron chi connectivity index (χ3n) is 4.76. The van der Waals surface area contributed by atoms with Gasteiger partial charge < -0.3 is 5.32 Å². The summed E-state index contributed by atoms with van der Waals surface area (Å²) in [5, 5.41) is 4.53. The minimum absolute atomic E-state index is 0.464. The molecule has 2 heterocycles. The van der Waals surface area contributed by atoms with E-state index in [0.717, 1.165) is 11.3 Å². The fourth-order valence-electron chi connectivity index (χ4n) is 3.07. The first kappa shape index (κ1) is 13.7. The number of hydrogen-bond donors (Lipinski definition) is 1. The van der Waals surface area contributed by atoms with Crippen LogP contribution in [0, 0.1) is 5.41 Å². The van der Waals surface area contributed by atoms with E-state index in [1.807, 2.05) is 0 Å². The second-order valence-corrected chi connectivity index (χ2v) is 7.90. The Morgan fingerprint density at radius 2 is 2.12 bits per heavy atom. The van der Waals surface area contributed by atoms with Crippen molar-refractivity contribution >= 4 is 11.8 Å². The van der Waals surface area contributed by atoms with E-state index in [1.54, 1.807) is 0 Å². The molecule has 0 aromatic heterocycles. The standard InChI is InChI=1S/C14H28N2S/c1-11-12(2)17-9-8-16(11)10-13-14(3,4)6-5-7-15-13/h11-13,15H,5-10H2,1-4H3. The van der Waals surface area contributed by atoms with Crippen molar-refractivity contribution in [3.8, 4) is 0 Å². The molecule has 2 rings (SSSR count). The van der Waals surface area contributed by atoms with Crippen LogP contribution in [-0.2, 0) is 0 Å². The van der Waals surface area contributed by atoms with E-state index in [1.165, 1.54) is 38.2 Å². The van der Waals surface area contributed by atoms with Crippen LogP contribution in [0.5, 0.6) is 0 Å². The number of nitrogens with one attached hydrogen (secondary N) is 1. The fraction of sp³-hybridized carbons (Fsp3) is 1.00. The third kappa shape index (κ3) is 3.18. The Hall–Kier alpha value is 0.270. The average Bonchev–Trinajstić information content (AvgIpc) is 2.27. The monoisotopic (exact) mass is 256 g/mol. The first-order chi connectivity index (χ1) is 8.00. The molecule has 1 N–H and O–H groups in total. The van der Waals surface area contributed by atoms with Crippen molar-refractivity contribution in [1.82, 2.24) is 10.2 Å². The Kier molecular flexibility index (Phi) is 4.43. The van der Waals surface area contributed by atoms with Crippen LogP contribution in [0.1, 0.15) is 40.5 Å². The van der Waals surface area contributed by atoms with Crippen molar-refractivity contribution in [2.45, 2.75) is 57.9 Å². The van der Waals surface area contributed by atoms with Gasteiger partial charge >= 0.3 is 0 Å². The number of nitrogens with zero attached hydrogens (tertiary/aromatic N) is 1. The van der Waals surface area contributed by atoms with Crippen molar-refractivity contribution in [2.24, 2.45) is 5.41 Å². The topological polar surface area (TPSA) is 15.3 Å². The minimum atomic E-state index is 0.464.